The van der Waals surface area contributed by atoms with Crippen molar-refractivity contribution in [3.63, 3.8) is 0 Å². The quantitative estimate of drug-likeness (QED) is 0.788. The van der Waals surface area contributed by atoms with Crippen molar-refractivity contribution in [2.24, 2.45) is 0 Å². The molecule has 2 aliphatic heterocycles. The van der Waals surface area contributed by atoms with Gasteiger partial charge in [0.15, 0.2) is 0 Å². The largest absolute Gasteiger partial charge is 0.354 e. The van der Waals surface area contributed by atoms with E-state index in [1.54, 1.807) is 6.33 Å². The van der Waals surface area contributed by atoms with Crippen molar-refractivity contribution in [1.82, 2.24) is 19.8 Å². The van der Waals surface area contributed by atoms with E-state index in [-0.39, 0.29) is 0 Å². The normalized spacial score (nSPS) is 19.6. The lowest BCUT2D eigenvalue weighted by Gasteiger charge is -2.35. The molecule has 146 valence electrons. The molecule has 0 amide bonds. The summed E-state index contributed by atoms with van der Waals surface area (Å²) in [5, 5.41) is 2.37. The highest BCUT2D eigenvalue weighted by Gasteiger charge is 2.20. The lowest BCUT2D eigenvalue weighted by Crippen LogP contribution is -2.46. The van der Waals surface area contributed by atoms with Gasteiger partial charge in [0.25, 0.3) is 0 Å². The van der Waals surface area contributed by atoms with E-state index in [4.69, 9.17) is 0 Å². The van der Waals surface area contributed by atoms with Crippen molar-refractivity contribution in [2.75, 3.05) is 44.2 Å². The maximum Gasteiger partial charge on any atom is 0.135 e. The first kappa shape index (κ1) is 18.8. The van der Waals surface area contributed by atoms with Gasteiger partial charge in [-0.05, 0) is 56.8 Å². The number of hydrogen-bond donors (Lipinski definition) is 0. The van der Waals surface area contributed by atoms with Crippen LogP contribution in [-0.2, 0) is 13.1 Å². The predicted octanol–water partition coefficient (Wildman–Crippen LogP) is 3.46. The van der Waals surface area contributed by atoms with Crippen molar-refractivity contribution >= 4 is 17.2 Å². The molecule has 0 spiro atoms. The van der Waals surface area contributed by atoms with Gasteiger partial charge in [-0.15, -0.1) is 11.3 Å². The Kier molecular flexibility index (Phi) is 6.05. The first-order valence-electron chi connectivity index (χ1n) is 10.2. The summed E-state index contributed by atoms with van der Waals surface area (Å²) in [6.07, 6.45) is 5.84. The van der Waals surface area contributed by atoms with Gasteiger partial charge in [-0.1, -0.05) is 6.42 Å². The Hall–Kier alpha value is -1.50. The lowest BCUT2D eigenvalue weighted by molar-refractivity contribution is 0.221. The number of nitrogens with zero attached hydrogens (tertiary/aromatic N) is 5. The Bertz CT molecular complexity index is 745. The van der Waals surface area contributed by atoms with Gasteiger partial charge in [-0.2, -0.15) is 0 Å². The van der Waals surface area contributed by atoms with Crippen LogP contribution in [0.3, 0.4) is 0 Å². The van der Waals surface area contributed by atoms with Crippen LogP contribution in [0.5, 0.6) is 0 Å². The lowest BCUT2D eigenvalue weighted by atomic mass is 10.1. The second-order valence-corrected chi connectivity index (χ2v) is 8.92. The molecule has 4 heterocycles. The van der Waals surface area contributed by atoms with Crippen molar-refractivity contribution in [3.8, 4) is 0 Å². The second-order valence-electron chi connectivity index (χ2n) is 7.93. The zero-order valence-corrected chi connectivity index (χ0v) is 17.5. The van der Waals surface area contributed by atoms with Gasteiger partial charge >= 0.3 is 0 Å². The van der Waals surface area contributed by atoms with Crippen LogP contribution < -0.4 is 4.90 Å². The van der Waals surface area contributed by atoms with Crippen LogP contribution in [0.15, 0.2) is 17.8 Å². The van der Waals surface area contributed by atoms with Gasteiger partial charge in [-0.3, -0.25) is 9.80 Å². The standard InChI is InChI=1S/C21H31N5S/c1-17-18(2)22-16-23-21(17)26-10-8-25(9-11-26)14-20-12-19(15-27-20)13-24-6-4-3-5-7-24/h12,15-16H,3-11,13-14H2,1-2H3. The first-order valence-corrected chi connectivity index (χ1v) is 11.1. The maximum atomic E-state index is 4.52. The molecule has 4 rings (SSSR count). The fraction of sp³-hybridized carbons (Fsp3) is 0.619. The molecule has 0 aliphatic carbocycles. The molecule has 0 bridgehead atoms. The number of piperazine rings is 1. The van der Waals surface area contributed by atoms with Crippen LogP contribution >= 0.6 is 11.3 Å². The molecule has 0 atom stereocenters. The molecule has 2 saturated heterocycles. The van der Waals surface area contributed by atoms with Crippen molar-refractivity contribution in [3.05, 3.63) is 39.5 Å². The first-order chi connectivity index (χ1) is 13.2. The number of aromatic nitrogens is 2. The molecule has 2 fully saturated rings. The van der Waals surface area contributed by atoms with Crippen LogP contribution in [0.1, 0.15) is 41.0 Å². The highest BCUT2D eigenvalue weighted by molar-refractivity contribution is 7.10. The van der Waals surface area contributed by atoms with Gasteiger partial charge in [0.05, 0.1) is 0 Å². The van der Waals surface area contributed by atoms with Gasteiger partial charge in [0.2, 0.25) is 0 Å². The number of likely N-dealkylation sites (tertiary alicyclic amines) is 1. The highest BCUT2D eigenvalue weighted by Crippen LogP contribution is 2.23. The van der Waals surface area contributed by atoms with Crippen LogP contribution in [0.25, 0.3) is 0 Å². The molecule has 2 aliphatic rings. The van der Waals surface area contributed by atoms with Gasteiger partial charge in [0.1, 0.15) is 12.1 Å². The second kappa shape index (κ2) is 8.67. The van der Waals surface area contributed by atoms with E-state index in [0.717, 1.165) is 50.8 Å². The molecular formula is C21H31N5S. The summed E-state index contributed by atoms with van der Waals surface area (Å²) in [4.78, 5) is 17.9. The zero-order chi connectivity index (χ0) is 18.6. The molecule has 2 aromatic rings. The average Bonchev–Trinajstić information content (AvgIpc) is 3.12. The van der Waals surface area contributed by atoms with Gasteiger partial charge in [0, 0.05) is 55.4 Å². The van der Waals surface area contributed by atoms with Crippen LogP contribution in [-0.4, -0.2) is 59.0 Å². The van der Waals surface area contributed by atoms with E-state index in [1.165, 1.54) is 48.4 Å². The molecule has 0 saturated carbocycles. The number of aryl methyl sites for hydroxylation is 1. The Morgan fingerprint density at radius 2 is 1.63 bits per heavy atom. The van der Waals surface area contributed by atoms with E-state index in [9.17, 15) is 0 Å². The number of rotatable bonds is 5. The molecule has 0 aromatic carbocycles. The third-order valence-corrected chi connectivity index (χ3v) is 6.89. The van der Waals surface area contributed by atoms with E-state index in [2.05, 4.69) is 50.0 Å². The number of anilines is 1. The number of piperidine rings is 1. The smallest absolute Gasteiger partial charge is 0.135 e. The van der Waals surface area contributed by atoms with Crippen LogP contribution in [0, 0.1) is 13.8 Å². The summed E-state index contributed by atoms with van der Waals surface area (Å²) in [6.45, 7) is 13.2. The third kappa shape index (κ3) is 4.68. The fourth-order valence-corrected chi connectivity index (χ4v) is 5.07. The van der Waals surface area contributed by atoms with E-state index < -0.39 is 0 Å². The molecule has 0 N–H and O–H groups in total. The Labute approximate surface area is 167 Å². The van der Waals surface area contributed by atoms with Crippen molar-refractivity contribution < 1.29 is 0 Å². The summed E-state index contributed by atoms with van der Waals surface area (Å²) < 4.78 is 0. The Balaban J connectivity index is 1.28. The van der Waals surface area contributed by atoms with Crippen molar-refractivity contribution in [1.29, 1.82) is 0 Å². The summed E-state index contributed by atoms with van der Waals surface area (Å²) >= 11 is 1.93. The van der Waals surface area contributed by atoms with Crippen LogP contribution in [0.2, 0.25) is 0 Å². The third-order valence-electron chi connectivity index (χ3n) is 5.92. The maximum absolute atomic E-state index is 4.52. The van der Waals surface area contributed by atoms with Gasteiger partial charge < -0.3 is 4.90 Å². The van der Waals surface area contributed by atoms with E-state index in [0.29, 0.717) is 0 Å². The molecular weight excluding hydrogens is 354 g/mol. The molecule has 5 nitrogen and oxygen atoms in total. The van der Waals surface area contributed by atoms with E-state index >= 15 is 0 Å². The molecule has 6 heteroatoms. The Morgan fingerprint density at radius 1 is 0.889 bits per heavy atom. The predicted molar refractivity (Wildman–Crippen MR) is 112 cm³/mol. The number of thiophene rings is 1. The van der Waals surface area contributed by atoms with Gasteiger partial charge in [-0.25, -0.2) is 9.97 Å². The van der Waals surface area contributed by atoms with E-state index in [1.807, 2.05) is 11.3 Å². The molecule has 0 unspecified atom stereocenters. The minimum atomic E-state index is 1.04. The monoisotopic (exact) mass is 385 g/mol. The Morgan fingerprint density at radius 3 is 2.41 bits per heavy atom. The highest BCUT2D eigenvalue weighted by atomic mass is 32.1. The van der Waals surface area contributed by atoms with Crippen LogP contribution in [0.4, 0.5) is 5.82 Å². The molecule has 0 radical (unpaired) electrons. The molecule has 2 aromatic heterocycles. The summed E-state index contributed by atoms with van der Waals surface area (Å²) in [5.74, 6) is 1.11. The topological polar surface area (TPSA) is 35.5 Å². The average molecular weight is 386 g/mol. The summed E-state index contributed by atoms with van der Waals surface area (Å²) in [7, 11) is 0. The fourth-order valence-electron chi connectivity index (χ4n) is 4.15. The summed E-state index contributed by atoms with van der Waals surface area (Å²) in [6, 6.07) is 2.43. The SMILES string of the molecule is Cc1ncnc(N2CCN(Cc3cc(CN4CCCCC4)cs3)CC2)c1C. The minimum Gasteiger partial charge on any atom is -0.354 e. The molecule has 27 heavy (non-hydrogen) atoms. The zero-order valence-electron chi connectivity index (χ0n) is 16.7. The minimum absolute atomic E-state index is 1.04. The van der Waals surface area contributed by atoms with Crippen molar-refractivity contribution in [2.45, 2.75) is 46.2 Å². The number of hydrogen-bond acceptors (Lipinski definition) is 6. The summed E-state index contributed by atoms with van der Waals surface area (Å²) in [5.41, 5.74) is 3.80.